The Bertz CT molecular complexity index is 1320. The molecule has 0 atom stereocenters. The van der Waals surface area contributed by atoms with Crippen molar-refractivity contribution in [2.45, 2.75) is 52.5 Å². The van der Waals surface area contributed by atoms with E-state index in [1.165, 1.54) is 4.57 Å². The maximum Gasteiger partial charge on any atom is 0.337 e. The lowest BCUT2D eigenvalue weighted by molar-refractivity contribution is 0.0883. The highest BCUT2D eigenvalue weighted by molar-refractivity contribution is 5.80. The largest absolute Gasteiger partial charge is 0.337 e. The van der Waals surface area contributed by atoms with Gasteiger partial charge in [-0.3, -0.25) is 9.36 Å². The molecule has 0 radical (unpaired) electrons. The summed E-state index contributed by atoms with van der Waals surface area (Å²) in [5.41, 5.74) is 3.23. The number of aromatic nitrogens is 6. The number of imidazole rings is 1. The summed E-state index contributed by atoms with van der Waals surface area (Å²) >= 11 is 0. The molecule has 4 aromatic rings. The smallest absolute Gasteiger partial charge is 0.288 e. The number of hydrogen-bond donors (Lipinski definition) is 1. The van der Waals surface area contributed by atoms with Crippen molar-refractivity contribution in [1.29, 1.82) is 0 Å². The van der Waals surface area contributed by atoms with Gasteiger partial charge < -0.3 is 0 Å². The molecular formula is C25H27FN6O2. The second-order valence-electron chi connectivity index (χ2n) is 8.17. The minimum absolute atomic E-state index is 0.128. The Balaban J connectivity index is 1.67. The fourth-order valence-corrected chi connectivity index (χ4v) is 4.03. The van der Waals surface area contributed by atoms with Crippen LogP contribution in [0.4, 0.5) is 4.39 Å². The molecule has 0 fully saturated rings. The van der Waals surface area contributed by atoms with Crippen LogP contribution in [-0.4, -0.2) is 35.7 Å². The van der Waals surface area contributed by atoms with Gasteiger partial charge in [-0.2, -0.15) is 9.60 Å². The lowest BCUT2D eigenvalue weighted by Crippen LogP contribution is -2.30. The van der Waals surface area contributed by atoms with Crippen LogP contribution in [0.15, 0.2) is 53.3 Å². The van der Waals surface area contributed by atoms with Gasteiger partial charge in [0.1, 0.15) is 0 Å². The van der Waals surface area contributed by atoms with Crippen molar-refractivity contribution in [3.63, 3.8) is 0 Å². The van der Waals surface area contributed by atoms with Crippen molar-refractivity contribution < 1.29 is 9.18 Å². The predicted molar refractivity (Wildman–Crippen MR) is 127 cm³/mol. The van der Waals surface area contributed by atoms with E-state index in [1.54, 1.807) is 0 Å². The van der Waals surface area contributed by atoms with Crippen LogP contribution in [0.5, 0.6) is 0 Å². The zero-order valence-electron chi connectivity index (χ0n) is 19.3. The van der Waals surface area contributed by atoms with Gasteiger partial charge in [-0.1, -0.05) is 68.8 Å². The fourth-order valence-electron chi connectivity index (χ4n) is 4.03. The van der Waals surface area contributed by atoms with E-state index in [1.807, 2.05) is 62.4 Å². The molecule has 0 aliphatic heterocycles. The third-order valence-corrected chi connectivity index (χ3v) is 5.78. The molecule has 9 heteroatoms. The number of carbonyl (C=O) groups is 1. The fraction of sp³-hybridized carbons (Fsp3) is 0.320. The highest BCUT2D eigenvalue weighted by Crippen LogP contribution is 2.29. The Morgan fingerprint density at radius 3 is 2.41 bits per heavy atom. The number of unbranched alkanes of at least 4 members (excludes halogenated alkanes) is 1. The van der Waals surface area contributed by atoms with Crippen molar-refractivity contribution in [1.82, 2.24) is 29.8 Å². The van der Waals surface area contributed by atoms with Crippen LogP contribution in [-0.2, 0) is 13.0 Å². The summed E-state index contributed by atoms with van der Waals surface area (Å²) in [5.74, 6) is -0.738. The van der Waals surface area contributed by atoms with E-state index in [4.69, 9.17) is 0 Å². The molecule has 0 aliphatic rings. The molecule has 2 aromatic carbocycles. The predicted octanol–water partition coefficient (Wildman–Crippen LogP) is 4.47. The van der Waals surface area contributed by atoms with E-state index in [-0.39, 0.29) is 18.7 Å². The molecule has 0 amide bonds. The number of benzene rings is 2. The number of carbonyl (C=O) groups excluding carboxylic acids is 1. The summed E-state index contributed by atoms with van der Waals surface area (Å²) in [6.07, 6.45) is 2.67. The summed E-state index contributed by atoms with van der Waals surface area (Å²) in [6, 6.07) is 15.4. The number of rotatable bonds is 9. The maximum absolute atomic E-state index is 15.1. The number of aromatic amines is 1. The Morgan fingerprint density at radius 1 is 1.03 bits per heavy atom. The minimum atomic E-state index is -0.734. The topological polar surface area (TPSA) is 98.5 Å². The van der Waals surface area contributed by atoms with Crippen LogP contribution < -0.4 is 5.69 Å². The van der Waals surface area contributed by atoms with Crippen LogP contribution in [0.3, 0.4) is 0 Å². The van der Waals surface area contributed by atoms with Crippen molar-refractivity contribution in [3.05, 3.63) is 76.2 Å². The monoisotopic (exact) mass is 462 g/mol. The summed E-state index contributed by atoms with van der Waals surface area (Å²) < 4.78 is 17.2. The van der Waals surface area contributed by atoms with Crippen molar-refractivity contribution >= 4 is 5.91 Å². The van der Waals surface area contributed by atoms with E-state index < -0.39 is 17.5 Å². The van der Waals surface area contributed by atoms with Gasteiger partial charge in [0, 0.05) is 12.0 Å². The number of nitrogens with one attached hydrogen (secondary N) is 1. The van der Waals surface area contributed by atoms with Crippen molar-refractivity contribution in [3.8, 4) is 22.5 Å². The highest BCUT2D eigenvalue weighted by Gasteiger charge is 2.23. The maximum atomic E-state index is 15.1. The average Bonchev–Trinajstić information content (AvgIpc) is 3.46. The molecule has 4 rings (SSSR count). The number of tetrazole rings is 1. The zero-order chi connectivity index (χ0) is 24.1. The van der Waals surface area contributed by atoms with E-state index in [0.29, 0.717) is 23.2 Å². The number of hydrogen-bond acceptors (Lipinski definition) is 5. The van der Waals surface area contributed by atoms with Crippen LogP contribution in [0.1, 0.15) is 55.6 Å². The van der Waals surface area contributed by atoms with Crippen molar-refractivity contribution in [2.24, 2.45) is 0 Å². The Morgan fingerprint density at radius 2 is 1.76 bits per heavy atom. The van der Waals surface area contributed by atoms with E-state index >= 15 is 4.39 Å². The summed E-state index contributed by atoms with van der Waals surface area (Å²) in [7, 11) is 0. The second-order valence-corrected chi connectivity index (χ2v) is 8.17. The van der Waals surface area contributed by atoms with Crippen LogP contribution in [0.25, 0.3) is 22.5 Å². The van der Waals surface area contributed by atoms with Gasteiger partial charge in [0.2, 0.25) is 17.7 Å². The SMILES string of the molecule is CCCCc1c(F)n(C(=O)CCC)c(=O)n1Cc1ccc(-c2ccccc2-c2nn[nH]n2)cc1. The molecule has 0 saturated carbocycles. The molecule has 34 heavy (non-hydrogen) atoms. The van der Waals surface area contributed by atoms with E-state index in [2.05, 4.69) is 20.6 Å². The van der Waals surface area contributed by atoms with E-state index in [0.717, 1.165) is 35.1 Å². The Hall–Kier alpha value is -3.88. The third kappa shape index (κ3) is 4.59. The molecule has 176 valence electrons. The van der Waals surface area contributed by atoms with Crippen LogP contribution >= 0.6 is 0 Å². The highest BCUT2D eigenvalue weighted by atomic mass is 19.1. The van der Waals surface area contributed by atoms with Gasteiger partial charge in [0.25, 0.3) is 0 Å². The molecule has 1 N–H and O–H groups in total. The third-order valence-electron chi connectivity index (χ3n) is 5.78. The van der Waals surface area contributed by atoms with Gasteiger partial charge in [0.05, 0.1) is 12.2 Å². The average molecular weight is 463 g/mol. The van der Waals surface area contributed by atoms with Crippen molar-refractivity contribution in [2.75, 3.05) is 0 Å². The Labute approximate surface area is 196 Å². The number of halogens is 1. The van der Waals surface area contributed by atoms with Gasteiger partial charge in [-0.25, -0.2) is 9.36 Å². The molecule has 0 saturated heterocycles. The summed E-state index contributed by atoms with van der Waals surface area (Å²) in [4.78, 5) is 25.4. The molecule has 2 aromatic heterocycles. The first-order valence-electron chi connectivity index (χ1n) is 11.5. The Kier molecular flexibility index (Phi) is 7.10. The lowest BCUT2D eigenvalue weighted by atomic mass is 9.98. The van der Waals surface area contributed by atoms with Gasteiger partial charge in [-0.15, -0.1) is 10.2 Å². The molecule has 0 aliphatic carbocycles. The van der Waals surface area contributed by atoms with Crippen LogP contribution in [0.2, 0.25) is 0 Å². The lowest BCUT2D eigenvalue weighted by Gasteiger charge is -2.10. The van der Waals surface area contributed by atoms with Crippen LogP contribution in [0, 0.1) is 5.95 Å². The number of nitrogens with zero attached hydrogens (tertiary/aromatic N) is 5. The first-order valence-corrected chi connectivity index (χ1v) is 11.5. The number of H-pyrrole nitrogens is 1. The van der Waals surface area contributed by atoms with Gasteiger partial charge in [0.15, 0.2) is 0 Å². The van der Waals surface area contributed by atoms with E-state index in [9.17, 15) is 9.59 Å². The molecule has 2 heterocycles. The first kappa shape index (κ1) is 23.3. The molecule has 0 bridgehead atoms. The quantitative estimate of drug-likeness (QED) is 0.396. The molecular weight excluding hydrogens is 435 g/mol. The summed E-state index contributed by atoms with van der Waals surface area (Å²) in [5, 5.41) is 14.3. The minimum Gasteiger partial charge on any atom is -0.288 e. The van der Waals surface area contributed by atoms with Gasteiger partial charge >= 0.3 is 5.69 Å². The summed E-state index contributed by atoms with van der Waals surface area (Å²) in [6.45, 7) is 4.02. The second kappa shape index (κ2) is 10.4. The first-order chi connectivity index (χ1) is 16.5. The zero-order valence-corrected chi connectivity index (χ0v) is 19.3. The standard InChI is InChI=1S/C25H27FN6O2/c1-3-5-11-21-23(26)32(22(33)8-4-2)25(34)31(21)16-17-12-14-18(15-13-17)19-9-6-7-10-20(19)24-27-29-30-28-24/h6-7,9-10,12-15H,3-5,8,11,16H2,1-2H3,(H,27,28,29,30). The van der Waals surface area contributed by atoms with Gasteiger partial charge in [-0.05, 0) is 41.2 Å². The molecule has 0 unspecified atom stereocenters. The molecule has 0 spiro atoms. The normalized spacial score (nSPS) is 11.1. The molecule has 8 nitrogen and oxygen atoms in total.